The number of rotatable bonds is 4. The first-order valence-corrected chi connectivity index (χ1v) is 5.60. The van der Waals surface area contributed by atoms with Crippen molar-refractivity contribution in [2.45, 2.75) is 18.2 Å². The fourth-order valence-corrected chi connectivity index (χ4v) is 2.00. The first-order chi connectivity index (χ1) is 8.01. The van der Waals surface area contributed by atoms with E-state index in [9.17, 15) is 13.6 Å². The summed E-state index contributed by atoms with van der Waals surface area (Å²) >= 11 is 3.01. The van der Waals surface area contributed by atoms with Crippen LogP contribution >= 0.6 is 15.9 Å². The number of carboxylic acids is 1. The lowest BCUT2D eigenvalue weighted by molar-refractivity contribution is -0.136. The van der Waals surface area contributed by atoms with Gasteiger partial charge in [-0.2, -0.15) is 5.26 Å². The third-order valence-electron chi connectivity index (χ3n) is 2.10. The number of hydrogen-bond donors (Lipinski definition) is 1. The van der Waals surface area contributed by atoms with E-state index >= 15 is 0 Å². The molecule has 0 aliphatic heterocycles. The predicted molar refractivity (Wildman–Crippen MR) is 57.9 cm³/mol. The van der Waals surface area contributed by atoms with E-state index in [-0.39, 0.29) is 22.2 Å². The molecule has 0 saturated heterocycles. The van der Waals surface area contributed by atoms with E-state index in [1.54, 1.807) is 6.07 Å². The number of carbonyl (C=O) groups is 1. The number of carboxylic acid groups (broad SMARTS) is 1. The normalized spacial score (nSPS) is 10.3. The summed E-state index contributed by atoms with van der Waals surface area (Å²) < 4.78 is 25.8. The van der Waals surface area contributed by atoms with Crippen molar-refractivity contribution in [3.8, 4) is 6.07 Å². The quantitative estimate of drug-likeness (QED) is 0.867. The van der Waals surface area contributed by atoms with Crippen LogP contribution in [-0.4, -0.2) is 16.1 Å². The maximum absolute atomic E-state index is 12.9. The van der Waals surface area contributed by atoms with Gasteiger partial charge in [0.05, 0.1) is 17.7 Å². The van der Waals surface area contributed by atoms with Crippen LogP contribution in [0.15, 0.2) is 6.20 Å². The van der Waals surface area contributed by atoms with E-state index in [1.165, 1.54) is 0 Å². The van der Waals surface area contributed by atoms with Crippen LogP contribution in [0.2, 0.25) is 0 Å². The zero-order valence-electron chi connectivity index (χ0n) is 8.45. The molecule has 0 fully saturated rings. The van der Waals surface area contributed by atoms with Crippen molar-refractivity contribution < 1.29 is 18.7 Å². The van der Waals surface area contributed by atoms with Crippen molar-refractivity contribution in [1.29, 1.82) is 5.26 Å². The number of nitriles is 1. The maximum Gasteiger partial charge on any atom is 0.309 e. The van der Waals surface area contributed by atoms with Crippen LogP contribution in [0.25, 0.3) is 0 Å². The van der Waals surface area contributed by atoms with E-state index in [2.05, 4.69) is 20.9 Å². The van der Waals surface area contributed by atoms with Crippen molar-refractivity contribution in [1.82, 2.24) is 4.98 Å². The number of pyridine rings is 1. The second-order valence-corrected chi connectivity index (χ2v) is 3.69. The molecule has 1 N–H and O–H groups in total. The zero-order valence-corrected chi connectivity index (χ0v) is 10.0. The molecule has 0 aromatic carbocycles. The minimum atomic E-state index is -2.86. The SMILES string of the molecule is N#Cc1cnc(CC(=O)O)c(C(F)F)c1CBr. The Morgan fingerprint density at radius 1 is 1.65 bits per heavy atom. The third-order valence-corrected chi connectivity index (χ3v) is 2.66. The lowest BCUT2D eigenvalue weighted by Gasteiger charge is -2.12. The maximum atomic E-state index is 12.9. The van der Waals surface area contributed by atoms with E-state index in [1.807, 2.05) is 0 Å². The van der Waals surface area contributed by atoms with E-state index < -0.39 is 24.4 Å². The molecule has 1 rings (SSSR count). The standard InChI is InChI=1S/C10H7BrF2N2O2/c11-2-6-5(3-14)4-15-7(1-8(16)17)9(6)10(12)13/h4,10H,1-2H2,(H,16,17). The Kier molecular flexibility index (Phi) is 4.52. The van der Waals surface area contributed by atoms with Gasteiger partial charge < -0.3 is 5.11 Å². The largest absolute Gasteiger partial charge is 0.481 e. The van der Waals surface area contributed by atoms with Crippen molar-refractivity contribution in [3.05, 3.63) is 28.6 Å². The molecule has 0 spiro atoms. The molecule has 0 atom stereocenters. The molecule has 0 unspecified atom stereocenters. The van der Waals surface area contributed by atoms with Crippen molar-refractivity contribution in [3.63, 3.8) is 0 Å². The van der Waals surface area contributed by atoms with E-state index in [4.69, 9.17) is 10.4 Å². The minimum Gasteiger partial charge on any atom is -0.481 e. The molecule has 17 heavy (non-hydrogen) atoms. The molecular weight excluding hydrogens is 298 g/mol. The van der Waals surface area contributed by atoms with Gasteiger partial charge in [0.15, 0.2) is 0 Å². The van der Waals surface area contributed by atoms with Crippen molar-refractivity contribution in [2.24, 2.45) is 0 Å². The van der Waals surface area contributed by atoms with Crippen LogP contribution < -0.4 is 0 Å². The van der Waals surface area contributed by atoms with Gasteiger partial charge in [0.1, 0.15) is 6.07 Å². The number of aromatic nitrogens is 1. The summed E-state index contributed by atoms with van der Waals surface area (Å²) in [5, 5.41) is 17.4. The van der Waals surface area contributed by atoms with Crippen molar-refractivity contribution in [2.75, 3.05) is 0 Å². The molecule has 1 heterocycles. The summed E-state index contributed by atoms with van der Waals surface area (Å²) in [6.07, 6.45) is -2.34. The molecule has 4 nitrogen and oxygen atoms in total. The fraction of sp³-hybridized carbons (Fsp3) is 0.300. The summed E-state index contributed by atoms with van der Waals surface area (Å²) in [7, 11) is 0. The zero-order chi connectivity index (χ0) is 13.0. The molecule has 7 heteroatoms. The predicted octanol–water partition coefficient (Wildman–Crippen LogP) is 2.41. The highest BCUT2D eigenvalue weighted by molar-refractivity contribution is 9.08. The van der Waals surface area contributed by atoms with Crippen LogP contribution in [0.5, 0.6) is 0 Å². The minimum absolute atomic E-state index is 0.0197. The monoisotopic (exact) mass is 304 g/mol. The molecule has 0 aliphatic carbocycles. The smallest absolute Gasteiger partial charge is 0.309 e. The van der Waals surface area contributed by atoms with Gasteiger partial charge in [-0.3, -0.25) is 9.78 Å². The Labute approximate surface area is 104 Å². The fourth-order valence-electron chi connectivity index (χ4n) is 1.39. The molecule has 90 valence electrons. The lowest BCUT2D eigenvalue weighted by Crippen LogP contribution is -2.10. The molecule has 1 aromatic heterocycles. The summed E-state index contributed by atoms with van der Waals surface area (Å²) in [6, 6.07) is 1.75. The van der Waals surface area contributed by atoms with Crippen LogP contribution in [0.1, 0.15) is 28.8 Å². The van der Waals surface area contributed by atoms with Crippen LogP contribution in [-0.2, 0) is 16.5 Å². The molecule has 0 amide bonds. The Balaban J connectivity index is 3.43. The van der Waals surface area contributed by atoms with Gasteiger partial charge in [0.25, 0.3) is 6.43 Å². The van der Waals surface area contributed by atoms with Crippen LogP contribution in [0.3, 0.4) is 0 Å². The Bertz CT molecular complexity index is 486. The number of nitrogens with zero attached hydrogens (tertiary/aromatic N) is 2. The molecule has 0 radical (unpaired) electrons. The van der Waals surface area contributed by atoms with E-state index in [0.717, 1.165) is 6.20 Å². The van der Waals surface area contributed by atoms with Gasteiger partial charge in [0, 0.05) is 17.1 Å². The average molecular weight is 305 g/mol. The first-order valence-electron chi connectivity index (χ1n) is 4.47. The Hall–Kier alpha value is -1.55. The summed E-state index contributed by atoms with van der Waals surface area (Å²) in [5.41, 5.74) is -0.565. The topological polar surface area (TPSA) is 74.0 Å². The van der Waals surface area contributed by atoms with Gasteiger partial charge in [0.2, 0.25) is 0 Å². The third kappa shape index (κ3) is 2.97. The molecule has 0 aliphatic rings. The van der Waals surface area contributed by atoms with Crippen molar-refractivity contribution >= 4 is 21.9 Å². The van der Waals surface area contributed by atoms with Crippen LogP contribution in [0, 0.1) is 11.3 Å². The van der Waals surface area contributed by atoms with Gasteiger partial charge in [-0.15, -0.1) is 0 Å². The highest BCUT2D eigenvalue weighted by atomic mass is 79.9. The highest BCUT2D eigenvalue weighted by Gasteiger charge is 2.22. The van der Waals surface area contributed by atoms with Gasteiger partial charge in [-0.05, 0) is 5.56 Å². The number of hydrogen-bond acceptors (Lipinski definition) is 3. The second-order valence-electron chi connectivity index (χ2n) is 3.13. The van der Waals surface area contributed by atoms with Crippen LogP contribution in [0.4, 0.5) is 8.78 Å². The molecule has 0 saturated carbocycles. The highest BCUT2D eigenvalue weighted by Crippen LogP contribution is 2.29. The van der Waals surface area contributed by atoms with Gasteiger partial charge in [-0.25, -0.2) is 8.78 Å². The Morgan fingerprint density at radius 2 is 2.29 bits per heavy atom. The molecule has 1 aromatic rings. The summed E-state index contributed by atoms with van der Waals surface area (Å²) in [6.45, 7) is 0. The number of halogens is 3. The summed E-state index contributed by atoms with van der Waals surface area (Å²) in [5.74, 6) is -1.25. The van der Waals surface area contributed by atoms with Gasteiger partial charge in [-0.1, -0.05) is 15.9 Å². The van der Waals surface area contributed by atoms with Gasteiger partial charge >= 0.3 is 5.97 Å². The second kappa shape index (κ2) is 5.68. The molecular formula is C10H7BrF2N2O2. The first kappa shape index (κ1) is 13.5. The number of alkyl halides is 3. The van der Waals surface area contributed by atoms with E-state index in [0.29, 0.717) is 0 Å². The Morgan fingerprint density at radius 3 is 2.71 bits per heavy atom. The lowest BCUT2D eigenvalue weighted by atomic mass is 10.0. The number of aliphatic carboxylic acids is 1. The molecule has 0 bridgehead atoms. The average Bonchev–Trinajstić information content (AvgIpc) is 2.26. The summed E-state index contributed by atoms with van der Waals surface area (Å²) in [4.78, 5) is 14.2.